The number of hydrogen-bond donors (Lipinski definition) is 2. The minimum Gasteiger partial charge on any atom is -0.450 e. The zero-order valence-electron chi connectivity index (χ0n) is 9.61. The molecule has 0 radical (unpaired) electrons. The summed E-state index contributed by atoms with van der Waals surface area (Å²) >= 11 is 1.22. The van der Waals surface area contributed by atoms with Gasteiger partial charge in [-0.15, -0.1) is 11.3 Å². The van der Waals surface area contributed by atoms with E-state index in [1.54, 1.807) is 26.0 Å². The van der Waals surface area contributed by atoms with Crippen molar-refractivity contribution in [2.75, 3.05) is 23.8 Å². The van der Waals surface area contributed by atoms with Gasteiger partial charge in [-0.1, -0.05) is 0 Å². The zero-order chi connectivity index (χ0) is 12.7. The highest BCUT2D eigenvalue weighted by atomic mass is 32.1. The summed E-state index contributed by atoms with van der Waals surface area (Å²) in [6.07, 6.45) is -1.03. The Kier molecular flexibility index (Phi) is 5.28. The molecule has 0 spiro atoms. The molecule has 0 bridgehead atoms. The molecule has 7 heteroatoms. The third-order valence-electron chi connectivity index (χ3n) is 1.61. The number of ether oxygens (including phenoxy) is 2. The van der Waals surface area contributed by atoms with Gasteiger partial charge in [-0.05, 0) is 26.0 Å². The highest BCUT2D eigenvalue weighted by Gasteiger charge is 2.07. The maximum atomic E-state index is 11.1. The molecule has 17 heavy (non-hydrogen) atoms. The Morgan fingerprint density at radius 2 is 1.47 bits per heavy atom. The first-order chi connectivity index (χ1) is 8.15. The highest BCUT2D eigenvalue weighted by molar-refractivity contribution is 7.20. The maximum Gasteiger partial charge on any atom is 0.412 e. The number of carbonyl (C=O) groups is 2. The van der Waals surface area contributed by atoms with Gasteiger partial charge in [0.25, 0.3) is 0 Å². The summed E-state index contributed by atoms with van der Waals surface area (Å²) in [6.45, 7) is 4.07. The number of thiophene rings is 1. The molecule has 0 aliphatic carbocycles. The normalized spacial score (nSPS) is 9.53. The van der Waals surface area contributed by atoms with Gasteiger partial charge in [0.2, 0.25) is 0 Å². The highest BCUT2D eigenvalue weighted by Crippen LogP contribution is 2.26. The molecule has 94 valence electrons. The summed E-state index contributed by atoms with van der Waals surface area (Å²) in [6, 6.07) is 3.34. The predicted octanol–water partition coefficient (Wildman–Crippen LogP) is 2.88. The summed E-state index contributed by atoms with van der Waals surface area (Å²) in [5.41, 5.74) is 0. The van der Waals surface area contributed by atoms with Crippen molar-refractivity contribution in [3.63, 3.8) is 0 Å². The van der Waals surface area contributed by atoms with E-state index in [9.17, 15) is 9.59 Å². The summed E-state index contributed by atoms with van der Waals surface area (Å²) < 4.78 is 9.44. The molecule has 2 amide bonds. The Labute approximate surface area is 103 Å². The molecule has 0 saturated carbocycles. The Morgan fingerprint density at radius 1 is 1.06 bits per heavy atom. The lowest BCUT2D eigenvalue weighted by atomic mass is 10.6. The van der Waals surface area contributed by atoms with E-state index in [-0.39, 0.29) is 0 Å². The second-order valence-corrected chi connectivity index (χ2v) is 3.94. The largest absolute Gasteiger partial charge is 0.450 e. The first-order valence-electron chi connectivity index (χ1n) is 5.13. The summed E-state index contributed by atoms with van der Waals surface area (Å²) in [4.78, 5) is 22.2. The number of rotatable bonds is 4. The number of amides is 2. The van der Waals surface area contributed by atoms with E-state index in [4.69, 9.17) is 9.47 Å². The first kappa shape index (κ1) is 13.3. The summed E-state index contributed by atoms with van der Waals surface area (Å²) in [5, 5.41) is 6.25. The molecule has 2 N–H and O–H groups in total. The molecular formula is C10H14N2O4S. The van der Waals surface area contributed by atoms with Crippen molar-refractivity contribution in [2.24, 2.45) is 0 Å². The lowest BCUT2D eigenvalue weighted by molar-refractivity contribution is 0.167. The molecule has 0 aliphatic rings. The van der Waals surface area contributed by atoms with Crippen molar-refractivity contribution in [3.8, 4) is 0 Å². The fourth-order valence-electron chi connectivity index (χ4n) is 1.01. The Hall–Kier alpha value is -1.76. The van der Waals surface area contributed by atoms with Crippen LogP contribution in [0.2, 0.25) is 0 Å². The van der Waals surface area contributed by atoms with E-state index >= 15 is 0 Å². The van der Waals surface area contributed by atoms with Gasteiger partial charge in [-0.2, -0.15) is 0 Å². The lowest BCUT2D eigenvalue weighted by Crippen LogP contribution is -2.12. The van der Waals surface area contributed by atoms with Crippen molar-refractivity contribution >= 4 is 33.5 Å². The van der Waals surface area contributed by atoms with Gasteiger partial charge in [0, 0.05) is 0 Å². The number of anilines is 2. The van der Waals surface area contributed by atoms with Gasteiger partial charge in [-0.3, -0.25) is 10.6 Å². The first-order valence-corrected chi connectivity index (χ1v) is 5.94. The molecule has 1 aromatic heterocycles. The van der Waals surface area contributed by atoms with Crippen molar-refractivity contribution in [2.45, 2.75) is 13.8 Å². The molecule has 1 rings (SSSR count). The third kappa shape index (κ3) is 4.73. The molecule has 1 aromatic rings. The van der Waals surface area contributed by atoms with Crippen molar-refractivity contribution in [1.82, 2.24) is 0 Å². The van der Waals surface area contributed by atoms with Crippen LogP contribution in [0.5, 0.6) is 0 Å². The van der Waals surface area contributed by atoms with Gasteiger partial charge >= 0.3 is 12.2 Å². The standard InChI is InChI=1S/C10H14N2O4S/c1-3-15-9(13)11-7-5-6-8(17-7)12-10(14)16-4-2/h5-6H,3-4H2,1-2H3,(H,11,13)(H,12,14). The SMILES string of the molecule is CCOC(=O)Nc1ccc(NC(=O)OCC)s1. The fourth-order valence-corrected chi connectivity index (χ4v) is 1.79. The average Bonchev–Trinajstić information content (AvgIpc) is 2.66. The van der Waals surface area contributed by atoms with Gasteiger partial charge < -0.3 is 9.47 Å². The Morgan fingerprint density at radius 3 is 1.82 bits per heavy atom. The van der Waals surface area contributed by atoms with Crippen LogP contribution in [0, 0.1) is 0 Å². The summed E-state index contributed by atoms with van der Waals surface area (Å²) in [7, 11) is 0. The predicted molar refractivity (Wildman–Crippen MR) is 65.6 cm³/mol. The van der Waals surface area contributed by atoms with Crippen LogP contribution in [-0.2, 0) is 9.47 Å². The van der Waals surface area contributed by atoms with E-state index in [1.165, 1.54) is 11.3 Å². The molecule has 0 fully saturated rings. The molecule has 0 aliphatic heterocycles. The second kappa shape index (κ2) is 6.74. The monoisotopic (exact) mass is 258 g/mol. The van der Waals surface area contributed by atoms with Crippen LogP contribution in [0.3, 0.4) is 0 Å². The van der Waals surface area contributed by atoms with Crippen LogP contribution in [-0.4, -0.2) is 25.4 Å². The zero-order valence-corrected chi connectivity index (χ0v) is 10.4. The molecule has 6 nitrogen and oxygen atoms in total. The molecule has 0 unspecified atom stereocenters. The minimum absolute atomic E-state index is 0.311. The minimum atomic E-state index is -0.517. The van der Waals surface area contributed by atoms with Crippen LogP contribution in [0.25, 0.3) is 0 Å². The van der Waals surface area contributed by atoms with E-state index < -0.39 is 12.2 Å². The molecule has 0 saturated heterocycles. The van der Waals surface area contributed by atoms with Gasteiger partial charge in [0.15, 0.2) is 0 Å². The Bertz CT molecular complexity index is 357. The van der Waals surface area contributed by atoms with Crippen LogP contribution in [0.4, 0.5) is 19.6 Å². The fraction of sp³-hybridized carbons (Fsp3) is 0.400. The van der Waals surface area contributed by atoms with Gasteiger partial charge in [0.1, 0.15) is 0 Å². The van der Waals surface area contributed by atoms with Crippen LogP contribution in [0.15, 0.2) is 12.1 Å². The number of carbonyl (C=O) groups excluding carboxylic acids is 2. The third-order valence-corrected chi connectivity index (χ3v) is 2.52. The van der Waals surface area contributed by atoms with E-state index in [0.717, 1.165) is 0 Å². The number of nitrogens with one attached hydrogen (secondary N) is 2. The quantitative estimate of drug-likeness (QED) is 0.870. The van der Waals surface area contributed by atoms with Crippen molar-refractivity contribution in [1.29, 1.82) is 0 Å². The second-order valence-electron chi connectivity index (χ2n) is 2.85. The number of hydrogen-bond acceptors (Lipinski definition) is 5. The molecule has 0 aromatic carbocycles. The topological polar surface area (TPSA) is 76.7 Å². The van der Waals surface area contributed by atoms with E-state index in [0.29, 0.717) is 23.2 Å². The van der Waals surface area contributed by atoms with Gasteiger partial charge in [0.05, 0.1) is 23.2 Å². The lowest BCUT2D eigenvalue weighted by Gasteiger charge is -2.02. The van der Waals surface area contributed by atoms with Crippen LogP contribution < -0.4 is 10.6 Å². The van der Waals surface area contributed by atoms with Gasteiger partial charge in [-0.25, -0.2) is 9.59 Å². The smallest absolute Gasteiger partial charge is 0.412 e. The Balaban J connectivity index is 2.47. The van der Waals surface area contributed by atoms with Crippen LogP contribution >= 0.6 is 11.3 Å². The average molecular weight is 258 g/mol. The van der Waals surface area contributed by atoms with Crippen molar-refractivity contribution < 1.29 is 19.1 Å². The molecular weight excluding hydrogens is 244 g/mol. The molecule has 0 atom stereocenters. The van der Waals surface area contributed by atoms with E-state index in [1.807, 2.05) is 0 Å². The van der Waals surface area contributed by atoms with E-state index in [2.05, 4.69) is 10.6 Å². The molecule has 1 heterocycles. The maximum absolute atomic E-state index is 11.1. The van der Waals surface area contributed by atoms with Crippen molar-refractivity contribution in [3.05, 3.63) is 12.1 Å². The summed E-state index contributed by atoms with van der Waals surface area (Å²) in [5.74, 6) is 0. The van der Waals surface area contributed by atoms with Crippen LogP contribution in [0.1, 0.15) is 13.8 Å².